The normalized spacial score (nSPS) is 20.0. The van der Waals surface area contributed by atoms with Crippen LogP contribution in [0.1, 0.15) is 83.2 Å². The lowest BCUT2D eigenvalue weighted by molar-refractivity contribution is -0.131. The number of hydrogen-bond donors (Lipinski definition) is 2. The second kappa shape index (κ2) is 10.8. The minimum Gasteiger partial charge on any atom is -0.427 e. The summed E-state index contributed by atoms with van der Waals surface area (Å²) in [5.41, 5.74) is 1.81. The SMILES string of the molecule is CCC1=C(C(=O)CCC2CCCCCC2)C(c2ccc(OC(C)=O)cc2Cl)NC(=O)N1. The van der Waals surface area contributed by atoms with Gasteiger partial charge >= 0.3 is 12.0 Å². The summed E-state index contributed by atoms with van der Waals surface area (Å²) in [6.45, 7) is 3.23. The van der Waals surface area contributed by atoms with E-state index in [9.17, 15) is 14.4 Å². The first-order chi connectivity index (χ1) is 14.9. The number of carbonyl (C=O) groups excluding carboxylic acids is 3. The molecule has 1 fully saturated rings. The molecule has 0 spiro atoms. The van der Waals surface area contributed by atoms with Gasteiger partial charge in [-0.3, -0.25) is 9.59 Å². The third-order valence-corrected chi connectivity index (χ3v) is 6.43. The molecule has 1 saturated carbocycles. The van der Waals surface area contributed by atoms with E-state index in [0.29, 0.717) is 46.4 Å². The van der Waals surface area contributed by atoms with Crippen molar-refractivity contribution in [2.24, 2.45) is 5.92 Å². The number of benzene rings is 1. The Hall–Kier alpha value is -2.34. The predicted octanol–water partition coefficient (Wildman–Crippen LogP) is 5.60. The highest BCUT2D eigenvalue weighted by Crippen LogP contribution is 2.36. The van der Waals surface area contributed by atoms with Gasteiger partial charge in [-0.1, -0.05) is 63.1 Å². The molecule has 1 heterocycles. The van der Waals surface area contributed by atoms with Gasteiger partial charge in [0.05, 0.1) is 6.04 Å². The number of ketones is 1. The molecule has 168 valence electrons. The first-order valence-corrected chi connectivity index (χ1v) is 11.6. The van der Waals surface area contributed by atoms with Crippen LogP contribution in [0, 0.1) is 5.92 Å². The van der Waals surface area contributed by atoms with Crippen LogP contribution >= 0.6 is 11.6 Å². The minimum atomic E-state index is -0.635. The van der Waals surface area contributed by atoms with Crippen molar-refractivity contribution in [3.63, 3.8) is 0 Å². The van der Waals surface area contributed by atoms with Crippen LogP contribution < -0.4 is 15.4 Å². The second-order valence-electron chi connectivity index (χ2n) is 8.37. The lowest BCUT2D eigenvalue weighted by atomic mass is 9.87. The maximum Gasteiger partial charge on any atom is 0.319 e. The van der Waals surface area contributed by atoms with Crippen molar-refractivity contribution in [2.75, 3.05) is 0 Å². The number of ether oxygens (including phenoxy) is 1. The smallest absolute Gasteiger partial charge is 0.319 e. The fourth-order valence-electron chi connectivity index (χ4n) is 4.55. The molecule has 1 aromatic rings. The zero-order valence-electron chi connectivity index (χ0n) is 18.3. The van der Waals surface area contributed by atoms with Crippen molar-refractivity contribution in [1.82, 2.24) is 10.6 Å². The van der Waals surface area contributed by atoms with Crippen molar-refractivity contribution >= 4 is 29.4 Å². The maximum atomic E-state index is 13.3. The Kier molecular flexibility index (Phi) is 8.13. The first kappa shape index (κ1) is 23.3. The van der Waals surface area contributed by atoms with E-state index in [0.717, 1.165) is 6.42 Å². The third kappa shape index (κ3) is 6.10. The summed E-state index contributed by atoms with van der Waals surface area (Å²) in [7, 11) is 0. The van der Waals surface area contributed by atoms with Crippen LogP contribution in [0.5, 0.6) is 5.75 Å². The van der Waals surface area contributed by atoms with Gasteiger partial charge in [-0.2, -0.15) is 0 Å². The molecule has 31 heavy (non-hydrogen) atoms. The van der Waals surface area contributed by atoms with E-state index >= 15 is 0 Å². The van der Waals surface area contributed by atoms with E-state index in [1.54, 1.807) is 12.1 Å². The number of hydrogen-bond acceptors (Lipinski definition) is 4. The van der Waals surface area contributed by atoms with Gasteiger partial charge in [0.2, 0.25) is 0 Å². The average Bonchev–Trinajstić information content (AvgIpc) is 3.00. The van der Waals surface area contributed by atoms with Crippen molar-refractivity contribution in [3.05, 3.63) is 40.1 Å². The topological polar surface area (TPSA) is 84.5 Å². The highest BCUT2D eigenvalue weighted by atomic mass is 35.5. The van der Waals surface area contributed by atoms with Crippen LogP contribution in [0.3, 0.4) is 0 Å². The molecule has 0 radical (unpaired) electrons. The summed E-state index contributed by atoms with van der Waals surface area (Å²) in [5.74, 6) is 0.510. The van der Waals surface area contributed by atoms with E-state index in [4.69, 9.17) is 16.3 Å². The lowest BCUT2D eigenvalue weighted by Gasteiger charge is -2.30. The van der Waals surface area contributed by atoms with Gasteiger partial charge in [-0.25, -0.2) is 4.79 Å². The second-order valence-corrected chi connectivity index (χ2v) is 8.78. The largest absolute Gasteiger partial charge is 0.427 e. The van der Waals surface area contributed by atoms with Gasteiger partial charge in [-0.15, -0.1) is 0 Å². The molecule has 1 atom stereocenters. The number of rotatable bonds is 7. The van der Waals surface area contributed by atoms with Crippen LogP contribution in [-0.4, -0.2) is 17.8 Å². The molecular formula is C24H31ClN2O4. The highest BCUT2D eigenvalue weighted by molar-refractivity contribution is 6.31. The van der Waals surface area contributed by atoms with E-state index in [1.165, 1.54) is 51.5 Å². The van der Waals surface area contributed by atoms with Gasteiger partial charge < -0.3 is 15.4 Å². The van der Waals surface area contributed by atoms with Crippen molar-refractivity contribution in [2.45, 2.75) is 77.7 Å². The molecule has 3 rings (SSSR count). The van der Waals surface area contributed by atoms with Crippen LogP contribution in [0.2, 0.25) is 5.02 Å². The van der Waals surface area contributed by atoms with Crippen molar-refractivity contribution < 1.29 is 19.1 Å². The van der Waals surface area contributed by atoms with Crippen LogP contribution in [0.4, 0.5) is 4.79 Å². The first-order valence-electron chi connectivity index (χ1n) is 11.2. The van der Waals surface area contributed by atoms with Crippen LogP contribution in [0.25, 0.3) is 0 Å². The summed E-state index contributed by atoms with van der Waals surface area (Å²) in [6.07, 6.45) is 9.31. The molecule has 1 aromatic carbocycles. The number of amides is 2. The fourth-order valence-corrected chi connectivity index (χ4v) is 4.83. The van der Waals surface area contributed by atoms with Gasteiger partial charge in [0.25, 0.3) is 0 Å². The van der Waals surface area contributed by atoms with Gasteiger partial charge in [0.15, 0.2) is 5.78 Å². The van der Waals surface area contributed by atoms with E-state index < -0.39 is 12.0 Å². The number of urea groups is 1. The summed E-state index contributed by atoms with van der Waals surface area (Å²) in [4.78, 5) is 36.8. The van der Waals surface area contributed by atoms with Gasteiger partial charge in [0.1, 0.15) is 5.75 Å². The molecule has 1 aliphatic carbocycles. The number of allylic oxidation sites excluding steroid dienone is 1. The molecule has 1 aliphatic heterocycles. The Morgan fingerprint density at radius 1 is 1.16 bits per heavy atom. The van der Waals surface area contributed by atoms with E-state index in [2.05, 4.69) is 10.6 Å². The molecule has 0 bridgehead atoms. The zero-order chi connectivity index (χ0) is 22.4. The molecule has 2 N–H and O–H groups in total. The molecule has 6 nitrogen and oxygen atoms in total. The monoisotopic (exact) mass is 446 g/mol. The maximum absolute atomic E-state index is 13.3. The molecule has 0 aromatic heterocycles. The minimum absolute atomic E-state index is 0.0405. The van der Waals surface area contributed by atoms with E-state index in [1.807, 2.05) is 6.92 Å². The molecule has 0 saturated heterocycles. The number of halogens is 1. The molecule has 7 heteroatoms. The Morgan fingerprint density at radius 2 is 1.87 bits per heavy atom. The summed E-state index contributed by atoms with van der Waals surface area (Å²) in [6, 6.07) is 3.86. The Morgan fingerprint density at radius 3 is 2.48 bits per heavy atom. The summed E-state index contributed by atoms with van der Waals surface area (Å²) < 4.78 is 5.09. The predicted molar refractivity (Wildman–Crippen MR) is 120 cm³/mol. The molecular weight excluding hydrogens is 416 g/mol. The number of esters is 1. The Bertz CT molecular complexity index is 872. The Balaban J connectivity index is 1.84. The number of carbonyl (C=O) groups is 3. The summed E-state index contributed by atoms with van der Waals surface area (Å²) >= 11 is 6.47. The molecule has 2 aliphatic rings. The van der Waals surface area contributed by atoms with Crippen LogP contribution in [-0.2, 0) is 9.59 Å². The van der Waals surface area contributed by atoms with E-state index in [-0.39, 0.29) is 11.8 Å². The molecule has 1 unspecified atom stereocenters. The van der Waals surface area contributed by atoms with Gasteiger partial charge in [-0.05, 0) is 36.5 Å². The molecule has 2 amide bonds. The Labute approximate surface area is 188 Å². The standard InChI is InChI=1S/C24H31ClN2O4/c1-3-20-22(21(29)13-10-16-8-6-4-5-7-9-16)23(27-24(30)26-20)18-12-11-17(14-19(18)25)31-15(2)28/h11-12,14,16,23H,3-10,13H2,1-2H3,(H2,26,27,30). The van der Waals surface area contributed by atoms with Crippen molar-refractivity contribution in [3.8, 4) is 5.75 Å². The number of nitrogens with one attached hydrogen (secondary N) is 2. The fraction of sp³-hybridized carbons (Fsp3) is 0.542. The van der Waals surface area contributed by atoms with Crippen molar-refractivity contribution in [1.29, 1.82) is 0 Å². The van der Waals surface area contributed by atoms with Crippen LogP contribution in [0.15, 0.2) is 29.5 Å². The summed E-state index contributed by atoms with van der Waals surface area (Å²) in [5, 5.41) is 5.98. The third-order valence-electron chi connectivity index (χ3n) is 6.11. The van der Waals surface area contributed by atoms with Gasteiger partial charge in [0, 0.05) is 29.6 Å². The zero-order valence-corrected chi connectivity index (χ0v) is 19.0. The quantitative estimate of drug-likeness (QED) is 0.324. The number of Topliss-reactive ketones (excluding diaryl/α,β-unsaturated/α-hetero) is 1. The highest BCUT2D eigenvalue weighted by Gasteiger charge is 2.33. The average molecular weight is 447 g/mol. The lowest BCUT2D eigenvalue weighted by Crippen LogP contribution is -2.45.